The number of carboxylic acid groups (broad SMARTS) is 1. The van der Waals surface area contributed by atoms with E-state index in [2.05, 4.69) is 12.2 Å². The predicted octanol–water partition coefficient (Wildman–Crippen LogP) is 3.42. The first-order chi connectivity index (χ1) is 11.8. The molecule has 6 heteroatoms. The van der Waals surface area contributed by atoms with Gasteiger partial charge in [-0.1, -0.05) is 37.3 Å². The van der Waals surface area contributed by atoms with Gasteiger partial charge in [-0.25, -0.2) is 4.79 Å². The number of hydrogen-bond acceptors (Lipinski definition) is 3. The average molecular weight is 339 g/mol. The maximum absolute atomic E-state index is 12.1. The van der Waals surface area contributed by atoms with Gasteiger partial charge in [0.05, 0.1) is 11.4 Å². The topological polar surface area (TPSA) is 95.7 Å². The number of fused-ring (bicyclic) bond motifs is 1. The zero-order chi connectivity index (χ0) is 18.2. The van der Waals surface area contributed by atoms with Gasteiger partial charge >= 0.3 is 6.09 Å². The van der Waals surface area contributed by atoms with E-state index in [1.165, 1.54) is 6.92 Å². The van der Waals surface area contributed by atoms with Crippen molar-refractivity contribution in [3.63, 3.8) is 0 Å². The predicted molar refractivity (Wildman–Crippen MR) is 98.0 cm³/mol. The van der Waals surface area contributed by atoms with Gasteiger partial charge in [0.1, 0.15) is 0 Å². The molecule has 1 heterocycles. The normalized spacial score (nSPS) is 19.2. The van der Waals surface area contributed by atoms with E-state index in [4.69, 9.17) is 10.8 Å². The van der Waals surface area contributed by atoms with Crippen LogP contribution in [-0.2, 0) is 10.2 Å². The molecule has 0 aliphatic carbocycles. The van der Waals surface area contributed by atoms with Gasteiger partial charge in [0, 0.05) is 24.6 Å². The van der Waals surface area contributed by atoms with Crippen LogP contribution in [0.2, 0.25) is 0 Å². The summed E-state index contributed by atoms with van der Waals surface area (Å²) in [6.07, 6.45) is -0.438. The Balaban J connectivity index is 2.22. The molecule has 3 rings (SSSR count). The van der Waals surface area contributed by atoms with Crippen molar-refractivity contribution in [2.45, 2.75) is 25.7 Å². The van der Waals surface area contributed by atoms with Crippen LogP contribution in [0.25, 0.3) is 0 Å². The lowest BCUT2D eigenvalue weighted by Gasteiger charge is -2.42. The Labute approximate surface area is 146 Å². The molecule has 2 aromatic carbocycles. The number of carbonyl (C=O) groups excluding carboxylic acids is 1. The molecule has 0 aromatic heterocycles. The van der Waals surface area contributed by atoms with Crippen molar-refractivity contribution in [2.75, 3.05) is 22.5 Å². The van der Waals surface area contributed by atoms with Gasteiger partial charge in [-0.15, -0.1) is 0 Å². The van der Waals surface area contributed by atoms with Crippen LogP contribution in [-0.4, -0.2) is 23.7 Å². The van der Waals surface area contributed by atoms with E-state index < -0.39 is 6.09 Å². The highest BCUT2D eigenvalue weighted by molar-refractivity contribution is 5.97. The first-order valence-corrected chi connectivity index (χ1v) is 8.10. The molecule has 1 aliphatic heterocycles. The number of hydrogen-bond donors (Lipinski definition) is 3. The summed E-state index contributed by atoms with van der Waals surface area (Å²) in [6.45, 7) is 4.22. The largest absolute Gasteiger partial charge is 0.465 e. The monoisotopic (exact) mass is 339 g/mol. The molecule has 25 heavy (non-hydrogen) atoms. The first-order valence-electron chi connectivity index (χ1n) is 8.10. The molecule has 1 aliphatic rings. The standard InChI is InChI=1S/C19H21N3O3/c1-12(23)22-9-8-19(2,13-6-4-3-5-7-13)14-10-16(21-18(24)25)15(20)11-17(14)22/h3-7,10-11,21H,8-9,20H2,1-2H3,(H,24,25). The van der Waals surface area contributed by atoms with Crippen molar-refractivity contribution in [3.05, 3.63) is 53.6 Å². The van der Waals surface area contributed by atoms with Crippen LogP contribution in [0, 0.1) is 0 Å². The Bertz CT molecular complexity index is 835. The summed E-state index contributed by atoms with van der Waals surface area (Å²) in [5.74, 6) is -0.0605. The van der Waals surface area contributed by atoms with Crippen LogP contribution in [0.1, 0.15) is 31.4 Å². The summed E-state index contributed by atoms with van der Waals surface area (Å²) < 4.78 is 0. The minimum absolute atomic E-state index is 0.0605. The number of rotatable bonds is 2. The minimum Gasteiger partial charge on any atom is -0.465 e. The average Bonchev–Trinajstić information content (AvgIpc) is 2.56. The highest BCUT2D eigenvalue weighted by atomic mass is 16.4. The Morgan fingerprint density at radius 1 is 1.24 bits per heavy atom. The molecule has 130 valence electrons. The molecule has 0 bridgehead atoms. The summed E-state index contributed by atoms with van der Waals surface area (Å²) in [7, 11) is 0. The zero-order valence-corrected chi connectivity index (χ0v) is 14.2. The molecule has 0 saturated carbocycles. The van der Waals surface area contributed by atoms with Crippen LogP contribution in [0.4, 0.5) is 21.9 Å². The summed E-state index contributed by atoms with van der Waals surface area (Å²) in [5.41, 5.74) is 9.04. The van der Waals surface area contributed by atoms with Crippen molar-refractivity contribution in [1.82, 2.24) is 0 Å². The summed E-state index contributed by atoms with van der Waals surface area (Å²) in [4.78, 5) is 24.8. The van der Waals surface area contributed by atoms with Crippen molar-refractivity contribution >= 4 is 29.1 Å². The molecule has 1 unspecified atom stereocenters. The number of amides is 2. The maximum Gasteiger partial charge on any atom is 0.409 e. The fraction of sp³-hybridized carbons (Fsp3) is 0.263. The second-order valence-electron chi connectivity index (χ2n) is 6.51. The molecule has 0 fully saturated rings. The third-order valence-corrected chi connectivity index (χ3v) is 4.92. The van der Waals surface area contributed by atoms with E-state index in [0.717, 1.165) is 23.2 Å². The lowest BCUT2D eigenvalue weighted by atomic mass is 9.70. The number of nitrogen functional groups attached to an aromatic ring is 1. The van der Waals surface area contributed by atoms with Crippen molar-refractivity contribution in [2.24, 2.45) is 0 Å². The van der Waals surface area contributed by atoms with Gasteiger partial charge in [0.2, 0.25) is 5.91 Å². The summed E-state index contributed by atoms with van der Waals surface area (Å²) >= 11 is 0. The zero-order valence-electron chi connectivity index (χ0n) is 14.2. The van der Waals surface area contributed by atoms with Crippen molar-refractivity contribution in [1.29, 1.82) is 0 Å². The van der Waals surface area contributed by atoms with Crippen LogP contribution in [0.3, 0.4) is 0 Å². The SMILES string of the molecule is CC(=O)N1CCC(C)(c2ccccc2)c2cc(NC(=O)O)c(N)cc21. The fourth-order valence-corrected chi connectivity index (χ4v) is 3.52. The first kappa shape index (κ1) is 16.8. The Hall–Kier alpha value is -3.02. The maximum atomic E-state index is 12.1. The molecule has 2 aromatic rings. The van der Waals surface area contributed by atoms with E-state index >= 15 is 0 Å². The Morgan fingerprint density at radius 3 is 2.52 bits per heavy atom. The summed E-state index contributed by atoms with van der Waals surface area (Å²) in [5, 5.41) is 11.4. The van der Waals surface area contributed by atoms with Crippen LogP contribution >= 0.6 is 0 Å². The van der Waals surface area contributed by atoms with E-state index in [0.29, 0.717) is 17.9 Å². The van der Waals surface area contributed by atoms with Gasteiger partial charge in [-0.2, -0.15) is 0 Å². The molecule has 0 spiro atoms. The second kappa shape index (κ2) is 6.12. The van der Waals surface area contributed by atoms with Crippen LogP contribution in [0.5, 0.6) is 0 Å². The summed E-state index contributed by atoms with van der Waals surface area (Å²) in [6, 6.07) is 13.4. The number of nitrogens with one attached hydrogen (secondary N) is 1. The quantitative estimate of drug-likeness (QED) is 0.731. The van der Waals surface area contributed by atoms with E-state index in [-0.39, 0.29) is 11.3 Å². The van der Waals surface area contributed by atoms with Gasteiger partial charge in [0.25, 0.3) is 0 Å². The highest BCUT2D eigenvalue weighted by Crippen LogP contribution is 2.46. The fourth-order valence-electron chi connectivity index (χ4n) is 3.52. The number of nitrogens with two attached hydrogens (primary N) is 1. The van der Waals surface area contributed by atoms with Crippen LogP contribution < -0.4 is 16.0 Å². The van der Waals surface area contributed by atoms with Crippen molar-refractivity contribution < 1.29 is 14.7 Å². The van der Waals surface area contributed by atoms with Gasteiger partial charge < -0.3 is 15.7 Å². The minimum atomic E-state index is -1.17. The van der Waals surface area contributed by atoms with E-state index in [9.17, 15) is 9.59 Å². The lowest BCUT2D eigenvalue weighted by molar-refractivity contribution is -0.116. The van der Waals surface area contributed by atoms with Crippen molar-refractivity contribution in [3.8, 4) is 0 Å². The Morgan fingerprint density at radius 2 is 1.92 bits per heavy atom. The molecule has 1 atom stereocenters. The molecular weight excluding hydrogens is 318 g/mol. The molecule has 6 nitrogen and oxygen atoms in total. The lowest BCUT2D eigenvalue weighted by Crippen LogP contribution is -2.42. The second-order valence-corrected chi connectivity index (χ2v) is 6.51. The van der Waals surface area contributed by atoms with E-state index in [1.807, 2.05) is 30.3 Å². The number of anilines is 3. The van der Waals surface area contributed by atoms with Gasteiger partial charge in [0.15, 0.2) is 0 Å². The van der Waals surface area contributed by atoms with Gasteiger partial charge in [-0.3, -0.25) is 10.1 Å². The molecule has 0 radical (unpaired) electrons. The third-order valence-electron chi connectivity index (χ3n) is 4.92. The molecule has 2 amide bonds. The highest BCUT2D eigenvalue weighted by Gasteiger charge is 2.38. The molecular formula is C19H21N3O3. The number of benzene rings is 2. The number of carbonyl (C=O) groups is 2. The van der Waals surface area contributed by atoms with Crippen LogP contribution in [0.15, 0.2) is 42.5 Å². The smallest absolute Gasteiger partial charge is 0.409 e. The number of nitrogens with zero attached hydrogens (tertiary/aromatic N) is 1. The van der Waals surface area contributed by atoms with E-state index in [1.54, 1.807) is 17.0 Å². The molecule has 4 N–H and O–H groups in total. The molecule has 0 saturated heterocycles. The third kappa shape index (κ3) is 2.91. The van der Waals surface area contributed by atoms with Gasteiger partial charge in [-0.05, 0) is 29.7 Å². The Kier molecular flexibility index (Phi) is 4.12.